The lowest BCUT2D eigenvalue weighted by Gasteiger charge is -2.05. The normalized spacial score (nSPS) is 11.0. The summed E-state index contributed by atoms with van der Waals surface area (Å²) in [6.45, 7) is 2.04. The highest BCUT2D eigenvalue weighted by Gasteiger charge is 2.10. The van der Waals surface area contributed by atoms with Crippen molar-refractivity contribution in [2.75, 3.05) is 5.73 Å². The van der Waals surface area contributed by atoms with Crippen LogP contribution in [0.2, 0.25) is 0 Å². The Kier molecular flexibility index (Phi) is 2.52. The third-order valence-electron chi connectivity index (χ3n) is 2.67. The van der Waals surface area contributed by atoms with Crippen LogP contribution in [0.15, 0.2) is 35.1 Å². The van der Waals surface area contributed by atoms with Crippen molar-refractivity contribution in [2.24, 2.45) is 0 Å². The van der Waals surface area contributed by atoms with E-state index >= 15 is 0 Å². The molecule has 90 valence electrons. The van der Waals surface area contributed by atoms with Crippen LogP contribution in [0.4, 0.5) is 5.95 Å². The number of nitrogens with two attached hydrogens (primary N) is 1. The maximum atomic E-state index is 5.62. The summed E-state index contributed by atoms with van der Waals surface area (Å²) < 4.78 is 2.51. The van der Waals surface area contributed by atoms with E-state index in [4.69, 9.17) is 5.73 Å². The van der Waals surface area contributed by atoms with Crippen molar-refractivity contribution in [3.05, 3.63) is 40.6 Å². The number of aromatic nitrogens is 4. The zero-order valence-electron chi connectivity index (χ0n) is 9.63. The second kappa shape index (κ2) is 4.06. The monoisotopic (exact) mass is 303 g/mol. The number of nitrogens with zero attached hydrogens (tertiary/aromatic N) is 4. The summed E-state index contributed by atoms with van der Waals surface area (Å²) in [7, 11) is 0. The average Bonchev–Trinajstić information content (AvgIpc) is 2.75. The van der Waals surface area contributed by atoms with Crippen LogP contribution in [0.1, 0.15) is 5.56 Å². The number of hydrogen-bond donors (Lipinski definition) is 1. The summed E-state index contributed by atoms with van der Waals surface area (Å²) in [6.07, 6.45) is 3.43. The Morgan fingerprint density at radius 3 is 2.94 bits per heavy atom. The standard InChI is InChI=1S/C12H10BrN5/c1-7-2-3-8-5-16-18(10(8)4-7)11-9(13)6-15-12(14)17-11/h2-6H,1H3,(H2,14,15,17). The van der Waals surface area contributed by atoms with Gasteiger partial charge in [0, 0.05) is 11.6 Å². The predicted octanol–water partition coefficient (Wildman–Crippen LogP) is 2.47. The fourth-order valence-corrected chi connectivity index (χ4v) is 2.18. The number of aryl methyl sites for hydroxylation is 1. The number of halogens is 1. The molecule has 6 heteroatoms. The molecule has 5 nitrogen and oxygen atoms in total. The number of benzene rings is 1. The predicted molar refractivity (Wildman–Crippen MR) is 73.5 cm³/mol. The highest BCUT2D eigenvalue weighted by Crippen LogP contribution is 2.23. The first-order valence-electron chi connectivity index (χ1n) is 5.38. The Labute approximate surface area is 112 Å². The van der Waals surface area contributed by atoms with Crippen molar-refractivity contribution in [1.29, 1.82) is 0 Å². The van der Waals surface area contributed by atoms with Crippen molar-refractivity contribution < 1.29 is 0 Å². The molecule has 2 heterocycles. The number of rotatable bonds is 1. The Balaban J connectivity index is 2.31. The zero-order chi connectivity index (χ0) is 12.7. The average molecular weight is 304 g/mol. The molecule has 0 aliphatic rings. The molecule has 0 amide bonds. The van der Waals surface area contributed by atoms with Gasteiger partial charge in [0.2, 0.25) is 5.95 Å². The minimum Gasteiger partial charge on any atom is -0.368 e. The molecule has 0 saturated carbocycles. The van der Waals surface area contributed by atoms with Gasteiger partial charge in [0.1, 0.15) is 0 Å². The van der Waals surface area contributed by atoms with E-state index in [0.717, 1.165) is 15.4 Å². The van der Waals surface area contributed by atoms with Crippen molar-refractivity contribution in [3.63, 3.8) is 0 Å². The molecule has 0 radical (unpaired) electrons. The highest BCUT2D eigenvalue weighted by molar-refractivity contribution is 9.10. The van der Waals surface area contributed by atoms with Crippen LogP contribution in [-0.2, 0) is 0 Å². The number of hydrogen-bond acceptors (Lipinski definition) is 4. The van der Waals surface area contributed by atoms with Crippen LogP contribution in [-0.4, -0.2) is 19.7 Å². The molecule has 2 N–H and O–H groups in total. The SMILES string of the molecule is Cc1ccc2cnn(-c3nc(N)ncc3Br)c2c1. The second-order valence-electron chi connectivity index (χ2n) is 4.02. The number of fused-ring (bicyclic) bond motifs is 1. The molecule has 0 aliphatic heterocycles. The van der Waals surface area contributed by atoms with Crippen LogP contribution in [0.5, 0.6) is 0 Å². The van der Waals surface area contributed by atoms with E-state index in [2.05, 4.69) is 43.1 Å². The quantitative estimate of drug-likeness (QED) is 0.750. The molecule has 1 aromatic carbocycles. The Morgan fingerprint density at radius 2 is 2.11 bits per heavy atom. The first-order valence-corrected chi connectivity index (χ1v) is 6.17. The van der Waals surface area contributed by atoms with Gasteiger partial charge in [-0.3, -0.25) is 0 Å². The van der Waals surface area contributed by atoms with Crippen molar-refractivity contribution >= 4 is 32.8 Å². The van der Waals surface area contributed by atoms with Gasteiger partial charge in [-0.1, -0.05) is 12.1 Å². The van der Waals surface area contributed by atoms with Gasteiger partial charge in [-0.2, -0.15) is 10.1 Å². The van der Waals surface area contributed by atoms with Crippen molar-refractivity contribution in [1.82, 2.24) is 19.7 Å². The molecule has 0 aliphatic carbocycles. The molecule has 0 unspecified atom stereocenters. The fourth-order valence-electron chi connectivity index (χ4n) is 1.82. The first kappa shape index (κ1) is 11.2. The molecule has 18 heavy (non-hydrogen) atoms. The summed E-state index contributed by atoms with van der Waals surface area (Å²) in [5.74, 6) is 0.868. The van der Waals surface area contributed by atoms with Crippen LogP contribution < -0.4 is 5.73 Å². The molecular formula is C12H10BrN5. The van der Waals surface area contributed by atoms with E-state index < -0.39 is 0 Å². The van der Waals surface area contributed by atoms with Gasteiger partial charge in [-0.15, -0.1) is 0 Å². The molecule has 2 aromatic heterocycles. The Bertz CT molecular complexity index is 734. The lowest BCUT2D eigenvalue weighted by atomic mass is 10.2. The Morgan fingerprint density at radius 1 is 1.28 bits per heavy atom. The van der Waals surface area contributed by atoms with E-state index in [1.807, 2.05) is 13.0 Å². The Hall–Kier alpha value is -1.95. The maximum Gasteiger partial charge on any atom is 0.222 e. The lowest BCUT2D eigenvalue weighted by molar-refractivity contribution is 0.862. The van der Waals surface area contributed by atoms with Gasteiger partial charge in [-0.25, -0.2) is 9.67 Å². The molecular weight excluding hydrogens is 294 g/mol. The molecule has 0 bridgehead atoms. The molecule has 3 rings (SSSR count). The molecule has 3 aromatic rings. The molecule has 0 spiro atoms. The van der Waals surface area contributed by atoms with Gasteiger partial charge >= 0.3 is 0 Å². The van der Waals surface area contributed by atoms with E-state index in [1.165, 1.54) is 5.56 Å². The van der Waals surface area contributed by atoms with Gasteiger partial charge < -0.3 is 5.73 Å². The van der Waals surface area contributed by atoms with E-state index in [0.29, 0.717) is 5.82 Å². The first-order chi connectivity index (χ1) is 8.65. The summed E-state index contributed by atoms with van der Waals surface area (Å²) in [4.78, 5) is 8.14. The second-order valence-corrected chi connectivity index (χ2v) is 4.87. The van der Waals surface area contributed by atoms with Crippen LogP contribution in [0, 0.1) is 6.92 Å². The van der Waals surface area contributed by atoms with Gasteiger partial charge in [0.05, 0.1) is 16.2 Å². The zero-order valence-corrected chi connectivity index (χ0v) is 11.2. The smallest absolute Gasteiger partial charge is 0.222 e. The minimum atomic E-state index is 0.226. The van der Waals surface area contributed by atoms with Crippen LogP contribution in [0.25, 0.3) is 16.7 Å². The van der Waals surface area contributed by atoms with Crippen molar-refractivity contribution in [3.8, 4) is 5.82 Å². The number of anilines is 1. The molecule has 0 fully saturated rings. The lowest BCUT2D eigenvalue weighted by Crippen LogP contribution is -2.04. The third kappa shape index (κ3) is 1.74. The van der Waals surface area contributed by atoms with Crippen LogP contribution >= 0.6 is 15.9 Å². The van der Waals surface area contributed by atoms with E-state index in [-0.39, 0.29) is 5.95 Å². The summed E-state index contributed by atoms with van der Waals surface area (Å²) in [5.41, 5.74) is 7.79. The van der Waals surface area contributed by atoms with Crippen molar-refractivity contribution in [2.45, 2.75) is 6.92 Å². The number of nitrogen functional groups attached to an aromatic ring is 1. The minimum absolute atomic E-state index is 0.226. The third-order valence-corrected chi connectivity index (χ3v) is 3.23. The van der Waals surface area contributed by atoms with Crippen LogP contribution in [0.3, 0.4) is 0 Å². The summed E-state index contributed by atoms with van der Waals surface area (Å²) in [6, 6.07) is 6.15. The molecule has 0 saturated heterocycles. The topological polar surface area (TPSA) is 69.6 Å². The molecule has 0 atom stereocenters. The van der Waals surface area contributed by atoms with E-state index in [1.54, 1.807) is 17.1 Å². The highest BCUT2D eigenvalue weighted by atomic mass is 79.9. The van der Waals surface area contributed by atoms with Gasteiger partial charge in [0.25, 0.3) is 0 Å². The fraction of sp³-hybridized carbons (Fsp3) is 0.0833. The van der Waals surface area contributed by atoms with Gasteiger partial charge in [-0.05, 0) is 34.5 Å². The maximum absolute atomic E-state index is 5.62. The summed E-state index contributed by atoms with van der Waals surface area (Å²) >= 11 is 3.41. The van der Waals surface area contributed by atoms with E-state index in [9.17, 15) is 0 Å². The van der Waals surface area contributed by atoms with Gasteiger partial charge in [0.15, 0.2) is 5.82 Å². The summed E-state index contributed by atoms with van der Waals surface area (Å²) in [5, 5.41) is 5.41. The largest absolute Gasteiger partial charge is 0.368 e.